The van der Waals surface area contributed by atoms with E-state index in [0.717, 1.165) is 33.8 Å². The Balaban J connectivity index is 2.52. The Hall–Kier alpha value is -0.750. The Morgan fingerprint density at radius 1 is 1.53 bits per heavy atom. The molecule has 2 rings (SSSR count). The third kappa shape index (κ3) is 2.15. The molecule has 0 saturated heterocycles. The summed E-state index contributed by atoms with van der Waals surface area (Å²) in [5.41, 5.74) is 3.17. The van der Waals surface area contributed by atoms with Gasteiger partial charge in [-0.2, -0.15) is 16.9 Å². The number of thioether (sulfide) groups is 1. The van der Waals surface area contributed by atoms with E-state index < -0.39 is 0 Å². The number of hydrogen-bond acceptors (Lipinski definition) is 3. The number of aromatic nitrogens is 4. The van der Waals surface area contributed by atoms with Crippen LogP contribution in [0.4, 0.5) is 0 Å². The first kappa shape index (κ1) is 12.7. The topological polar surface area (TPSA) is 38.5 Å². The molecule has 2 heterocycles. The summed E-state index contributed by atoms with van der Waals surface area (Å²) in [6, 6.07) is 0.401. The molecule has 0 bridgehead atoms. The van der Waals surface area contributed by atoms with E-state index >= 15 is 0 Å². The summed E-state index contributed by atoms with van der Waals surface area (Å²) in [5.74, 6) is 1.15. The summed E-state index contributed by atoms with van der Waals surface area (Å²) in [6.45, 7) is 4.21. The van der Waals surface area contributed by atoms with Crippen molar-refractivity contribution in [2.45, 2.75) is 26.3 Å². The van der Waals surface area contributed by atoms with Gasteiger partial charge in [0, 0.05) is 13.1 Å². The first-order chi connectivity index (χ1) is 8.06. The highest BCUT2D eigenvalue weighted by Gasteiger charge is 2.16. The van der Waals surface area contributed by atoms with Crippen LogP contribution in [0.15, 0.2) is 0 Å². The molecule has 17 heavy (non-hydrogen) atoms. The highest BCUT2D eigenvalue weighted by Crippen LogP contribution is 2.23. The smallest absolute Gasteiger partial charge is 0.179 e. The Morgan fingerprint density at radius 2 is 2.24 bits per heavy atom. The van der Waals surface area contributed by atoms with Gasteiger partial charge < -0.3 is 4.98 Å². The molecule has 0 spiro atoms. The zero-order valence-corrected chi connectivity index (χ0v) is 12.3. The van der Waals surface area contributed by atoms with Gasteiger partial charge in [0.05, 0.1) is 5.69 Å². The summed E-state index contributed by atoms with van der Waals surface area (Å²) < 4.78 is 4.89. The number of rotatable bonds is 4. The second kappa shape index (κ2) is 4.86. The number of imidazole rings is 1. The fourth-order valence-electron chi connectivity index (χ4n) is 2.16. The number of aryl methyl sites for hydroxylation is 2. The van der Waals surface area contributed by atoms with Crippen LogP contribution in [-0.4, -0.2) is 31.3 Å². The van der Waals surface area contributed by atoms with E-state index in [1.54, 1.807) is 0 Å². The van der Waals surface area contributed by atoms with Gasteiger partial charge in [-0.3, -0.25) is 9.25 Å². The summed E-state index contributed by atoms with van der Waals surface area (Å²) in [4.78, 5) is 3.26. The molecule has 1 unspecified atom stereocenters. The van der Waals surface area contributed by atoms with Crippen molar-refractivity contribution in [3.63, 3.8) is 0 Å². The predicted octanol–water partition coefficient (Wildman–Crippen LogP) is 3.05. The van der Waals surface area contributed by atoms with Crippen molar-refractivity contribution in [3.8, 4) is 0 Å². The number of hydrogen-bond donors (Lipinski definition) is 1. The van der Waals surface area contributed by atoms with Gasteiger partial charge in [0.25, 0.3) is 0 Å². The van der Waals surface area contributed by atoms with Gasteiger partial charge in [0.2, 0.25) is 0 Å². The maximum atomic E-state index is 5.41. The fraction of sp³-hybridized carbons (Fsp3) is 0.636. The number of nitrogens with one attached hydrogen (secondary N) is 1. The zero-order chi connectivity index (χ0) is 12.6. The molecule has 2 aromatic rings. The van der Waals surface area contributed by atoms with Crippen molar-refractivity contribution in [1.82, 2.24) is 19.3 Å². The average Bonchev–Trinajstić information content (AvgIpc) is 2.74. The molecular formula is C11H18N4S2. The van der Waals surface area contributed by atoms with Gasteiger partial charge in [-0.25, -0.2) is 0 Å². The van der Waals surface area contributed by atoms with Crippen LogP contribution in [0.1, 0.15) is 25.1 Å². The molecule has 2 aromatic heterocycles. The van der Waals surface area contributed by atoms with Crippen LogP contribution in [0.3, 0.4) is 0 Å². The third-order valence-corrected chi connectivity index (χ3v) is 3.99. The van der Waals surface area contributed by atoms with Gasteiger partial charge in [0.15, 0.2) is 10.4 Å². The first-order valence-corrected chi connectivity index (χ1v) is 7.49. The van der Waals surface area contributed by atoms with E-state index in [0.29, 0.717) is 6.04 Å². The molecule has 1 N–H and O–H groups in total. The van der Waals surface area contributed by atoms with Gasteiger partial charge in [-0.1, -0.05) is 0 Å². The Morgan fingerprint density at radius 3 is 2.88 bits per heavy atom. The molecule has 0 aliphatic heterocycles. The molecule has 0 aliphatic rings. The van der Waals surface area contributed by atoms with E-state index in [1.165, 1.54) is 0 Å². The predicted molar refractivity (Wildman–Crippen MR) is 76.3 cm³/mol. The molecule has 0 amide bonds. The monoisotopic (exact) mass is 270 g/mol. The summed E-state index contributed by atoms with van der Waals surface area (Å²) >= 11 is 7.28. The van der Waals surface area contributed by atoms with Crippen molar-refractivity contribution in [3.05, 3.63) is 10.5 Å². The molecule has 0 radical (unpaired) electrons. The Kier molecular flexibility index (Phi) is 3.63. The van der Waals surface area contributed by atoms with Crippen molar-refractivity contribution >= 4 is 35.1 Å². The second-order valence-corrected chi connectivity index (χ2v) is 5.71. The quantitative estimate of drug-likeness (QED) is 0.868. The lowest BCUT2D eigenvalue weighted by Crippen LogP contribution is -2.09. The molecule has 6 heteroatoms. The lowest BCUT2D eigenvalue weighted by atomic mass is 10.2. The van der Waals surface area contributed by atoms with Gasteiger partial charge in [-0.15, -0.1) is 0 Å². The highest BCUT2D eigenvalue weighted by molar-refractivity contribution is 7.98. The molecule has 0 aromatic carbocycles. The highest BCUT2D eigenvalue weighted by atomic mass is 32.2. The lowest BCUT2D eigenvalue weighted by Gasteiger charge is -2.13. The Bertz CT molecular complexity index is 578. The van der Waals surface area contributed by atoms with Crippen LogP contribution < -0.4 is 0 Å². The van der Waals surface area contributed by atoms with E-state index in [2.05, 4.69) is 27.8 Å². The number of H-pyrrole nitrogens is 1. The zero-order valence-electron chi connectivity index (χ0n) is 10.6. The van der Waals surface area contributed by atoms with Gasteiger partial charge in [0.1, 0.15) is 5.52 Å². The van der Waals surface area contributed by atoms with Crippen molar-refractivity contribution in [1.29, 1.82) is 0 Å². The van der Waals surface area contributed by atoms with Crippen molar-refractivity contribution in [2.24, 2.45) is 7.05 Å². The molecule has 0 saturated carbocycles. The first-order valence-electron chi connectivity index (χ1n) is 5.69. The SMILES string of the molecule is CSCCC(C)n1c(=S)[nH]c2c(C)nn(C)c21. The van der Waals surface area contributed by atoms with Gasteiger partial charge in [-0.05, 0) is 44.5 Å². The van der Waals surface area contributed by atoms with Crippen LogP contribution in [0.2, 0.25) is 0 Å². The number of nitrogens with zero attached hydrogens (tertiary/aromatic N) is 3. The molecule has 4 nitrogen and oxygen atoms in total. The van der Waals surface area contributed by atoms with Crippen LogP contribution in [0.25, 0.3) is 11.2 Å². The average molecular weight is 270 g/mol. The maximum Gasteiger partial charge on any atom is 0.179 e. The van der Waals surface area contributed by atoms with E-state index in [1.807, 2.05) is 30.4 Å². The third-order valence-electron chi connectivity index (χ3n) is 3.05. The molecule has 1 atom stereocenters. The van der Waals surface area contributed by atoms with Crippen molar-refractivity contribution < 1.29 is 0 Å². The van der Waals surface area contributed by atoms with Crippen molar-refractivity contribution in [2.75, 3.05) is 12.0 Å². The summed E-state index contributed by atoms with van der Waals surface area (Å²) in [6.07, 6.45) is 3.25. The number of aromatic amines is 1. The standard InChI is InChI=1S/C11H18N4S2/c1-7(5-6-17-4)15-10-9(12-11(15)16)8(2)13-14(10)3/h7H,5-6H2,1-4H3,(H,12,16). The molecule has 94 valence electrons. The van der Waals surface area contributed by atoms with Crippen LogP contribution in [0, 0.1) is 11.7 Å². The van der Waals surface area contributed by atoms with Crippen LogP contribution in [-0.2, 0) is 7.05 Å². The number of fused-ring (bicyclic) bond motifs is 1. The molecule has 0 aliphatic carbocycles. The summed E-state index contributed by atoms with van der Waals surface area (Å²) in [7, 11) is 1.97. The lowest BCUT2D eigenvalue weighted by molar-refractivity contribution is 0.529. The minimum absolute atomic E-state index is 0.401. The fourth-order valence-corrected chi connectivity index (χ4v) is 3.10. The van der Waals surface area contributed by atoms with Crippen LogP contribution >= 0.6 is 24.0 Å². The second-order valence-electron chi connectivity index (χ2n) is 4.34. The maximum absolute atomic E-state index is 5.41. The van der Waals surface area contributed by atoms with Gasteiger partial charge >= 0.3 is 0 Å². The van der Waals surface area contributed by atoms with Crippen LogP contribution in [0.5, 0.6) is 0 Å². The normalized spacial score (nSPS) is 13.4. The molecular weight excluding hydrogens is 252 g/mol. The minimum Gasteiger partial charge on any atom is -0.328 e. The molecule has 0 fully saturated rings. The Labute approximate surface area is 110 Å². The minimum atomic E-state index is 0.401. The van der Waals surface area contributed by atoms with E-state index in [-0.39, 0.29) is 0 Å². The summed E-state index contributed by atoms with van der Waals surface area (Å²) in [5, 5.41) is 4.43. The van der Waals surface area contributed by atoms with E-state index in [4.69, 9.17) is 12.2 Å². The van der Waals surface area contributed by atoms with E-state index in [9.17, 15) is 0 Å². The largest absolute Gasteiger partial charge is 0.328 e.